The van der Waals surface area contributed by atoms with E-state index in [1.165, 1.54) is 4.90 Å². The lowest BCUT2D eigenvalue weighted by molar-refractivity contribution is -0.150. The average Bonchev–Trinajstić information content (AvgIpc) is 2.66. The number of hydrogen-bond donors (Lipinski definition) is 5. The second kappa shape index (κ2) is 9.99. The van der Waals surface area contributed by atoms with Crippen LogP contribution >= 0.6 is 0 Å². The van der Waals surface area contributed by atoms with Crippen molar-refractivity contribution in [2.45, 2.75) is 37.3 Å². The third kappa shape index (κ3) is 6.28. The van der Waals surface area contributed by atoms with E-state index >= 15 is 0 Å². The molecule has 28 heavy (non-hydrogen) atoms. The first-order valence-electron chi connectivity index (χ1n) is 9.25. The molecule has 2 rings (SSSR count). The molecule has 0 spiro atoms. The van der Waals surface area contributed by atoms with Gasteiger partial charge in [-0.2, -0.15) is 0 Å². The lowest BCUT2D eigenvalue weighted by Crippen LogP contribution is -2.64. The molecule has 1 aliphatic rings. The van der Waals surface area contributed by atoms with Crippen LogP contribution in [0.4, 0.5) is 0 Å². The quantitative estimate of drug-likeness (QED) is 0.335. The molecular weight excluding hydrogens is 365 g/mol. The summed E-state index contributed by atoms with van der Waals surface area (Å²) in [4.78, 5) is 25.7. The summed E-state index contributed by atoms with van der Waals surface area (Å²) in [5, 5.41) is 27.6. The van der Waals surface area contributed by atoms with E-state index in [0.717, 1.165) is 5.56 Å². The zero-order chi connectivity index (χ0) is 20.7. The summed E-state index contributed by atoms with van der Waals surface area (Å²) in [6.45, 7) is 0.430. The van der Waals surface area contributed by atoms with Crippen molar-refractivity contribution in [1.82, 2.24) is 4.90 Å². The summed E-state index contributed by atoms with van der Waals surface area (Å²) >= 11 is 0. The Morgan fingerprint density at radius 3 is 2.61 bits per heavy atom. The summed E-state index contributed by atoms with van der Waals surface area (Å²) in [6.07, 6.45) is 0.570. The molecule has 10 heteroatoms. The van der Waals surface area contributed by atoms with Crippen LogP contribution in [0.1, 0.15) is 18.4 Å². The summed E-state index contributed by atoms with van der Waals surface area (Å²) in [6, 6.07) is 8.51. The van der Waals surface area contributed by atoms with E-state index in [1.54, 1.807) is 0 Å². The first-order valence-corrected chi connectivity index (χ1v) is 9.25. The van der Waals surface area contributed by atoms with E-state index in [-0.39, 0.29) is 38.4 Å². The Morgan fingerprint density at radius 2 is 2.00 bits per heavy atom. The maximum Gasteiger partial charge on any atom is 0.451 e. The number of carboxylic acid groups (broad SMARTS) is 1. The number of amides is 1. The molecule has 0 bridgehead atoms. The van der Waals surface area contributed by atoms with E-state index < -0.39 is 30.6 Å². The van der Waals surface area contributed by atoms with Gasteiger partial charge >= 0.3 is 13.1 Å². The third-order valence-electron chi connectivity index (χ3n) is 4.90. The first-order chi connectivity index (χ1) is 13.2. The Labute approximate surface area is 164 Å². The van der Waals surface area contributed by atoms with Crippen LogP contribution in [0.25, 0.3) is 0 Å². The predicted molar refractivity (Wildman–Crippen MR) is 103 cm³/mol. The standard InChI is InChI=1S/C18H28BN3O6/c20-15(11-28-10-13-4-2-1-3-5-13)16(23)22-9-14(6-7-19(26)27)8-18(21,12-22)17(24)25/h1-5,14-15,26-27H,6-12,20-21H2,(H,24,25)/t14-,15-,18+/m0/s1. The van der Waals surface area contributed by atoms with Crippen molar-refractivity contribution < 1.29 is 29.5 Å². The Bertz CT molecular complexity index is 662. The van der Waals surface area contributed by atoms with Gasteiger partial charge in [0, 0.05) is 13.1 Å². The predicted octanol–water partition coefficient (Wildman–Crippen LogP) is -0.976. The number of nitrogens with two attached hydrogens (primary N) is 2. The van der Waals surface area contributed by atoms with Gasteiger partial charge in [-0.05, 0) is 24.2 Å². The van der Waals surface area contributed by atoms with Crippen LogP contribution in [0.2, 0.25) is 6.32 Å². The second-order valence-corrected chi connectivity index (χ2v) is 7.42. The fourth-order valence-electron chi connectivity index (χ4n) is 3.45. The van der Waals surface area contributed by atoms with Gasteiger partial charge in [0.25, 0.3) is 0 Å². The van der Waals surface area contributed by atoms with Crippen LogP contribution in [-0.2, 0) is 20.9 Å². The van der Waals surface area contributed by atoms with E-state index in [9.17, 15) is 14.7 Å². The van der Waals surface area contributed by atoms with Crippen LogP contribution in [0.5, 0.6) is 0 Å². The number of carbonyl (C=O) groups excluding carboxylic acids is 1. The van der Waals surface area contributed by atoms with Gasteiger partial charge in [-0.3, -0.25) is 9.59 Å². The van der Waals surface area contributed by atoms with Crippen molar-refractivity contribution >= 4 is 19.0 Å². The van der Waals surface area contributed by atoms with Crippen molar-refractivity contribution in [3.05, 3.63) is 35.9 Å². The fourth-order valence-corrected chi connectivity index (χ4v) is 3.45. The summed E-state index contributed by atoms with van der Waals surface area (Å²) in [5.74, 6) is -1.90. The number of benzene rings is 1. The van der Waals surface area contributed by atoms with Crippen LogP contribution in [0.3, 0.4) is 0 Å². The molecule has 1 aromatic rings. The molecule has 3 atom stereocenters. The highest BCUT2D eigenvalue weighted by Gasteiger charge is 2.44. The number of carboxylic acids is 1. The largest absolute Gasteiger partial charge is 0.480 e. The minimum Gasteiger partial charge on any atom is -0.480 e. The highest BCUT2D eigenvalue weighted by atomic mass is 16.5. The van der Waals surface area contributed by atoms with E-state index in [0.29, 0.717) is 13.0 Å². The minimum atomic E-state index is -1.59. The van der Waals surface area contributed by atoms with Crippen LogP contribution in [-0.4, -0.2) is 70.3 Å². The summed E-state index contributed by atoms with van der Waals surface area (Å²) < 4.78 is 5.51. The van der Waals surface area contributed by atoms with Gasteiger partial charge in [-0.15, -0.1) is 0 Å². The Hall–Kier alpha value is -1.98. The molecular formula is C18H28BN3O6. The highest BCUT2D eigenvalue weighted by Crippen LogP contribution is 2.28. The second-order valence-electron chi connectivity index (χ2n) is 7.42. The van der Waals surface area contributed by atoms with Gasteiger partial charge in [-0.1, -0.05) is 36.8 Å². The lowest BCUT2D eigenvalue weighted by Gasteiger charge is -2.42. The molecule has 1 aliphatic heterocycles. The summed E-state index contributed by atoms with van der Waals surface area (Å²) in [5.41, 5.74) is 11.3. The SMILES string of the molecule is N[C@@H](COCc1ccccc1)C(=O)N1C[C@@H](CCB(O)O)C[C@](N)(C(=O)O)C1. The fraction of sp³-hybridized carbons (Fsp3) is 0.556. The Balaban J connectivity index is 1.95. The topological polar surface area (TPSA) is 159 Å². The van der Waals surface area contributed by atoms with E-state index in [1.807, 2.05) is 30.3 Å². The van der Waals surface area contributed by atoms with Gasteiger partial charge < -0.3 is 36.3 Å². The van der Waals surface area contributed by atoms with Gasteiger partial charge in [0.1, 0.15) is 11.6 Å². The number of carbonyl (C=O) groups is 2. The minimum absolute atomic E-state index is 0.00507. The van der Waals surface area contributed by atoms with Gasteiger partial charge in [-0.25, -0.2) is 0 Å². The van der Waals surface area contributed by atoms with Gasteiger partial charge in [0.05, 0.1) is 13.2 Å². The van der Waals surface area contributed by atoms with Crippen LogP contribution in [0, 0.1) is 5.92 Å². The number of nitrogens with zero attached hydrogens (tertiary/aromatic N) is 1. The van der Waals surface area contributed by atoms with E-state index in [4.69, 9.17) is 26.3 Å². The van der Waals surface area contributed by atoms with Crippen LogP contribution in [0.15, 0.2) is 30.3 Å². The first kappa shape index (κ1) is 22.3. The maximum atomic E-state index is 12.7. The molecule has 1 aromatic carbocycles. The molecule has 0 aliphatic carbocycles. The van der Waals surface area contributed by atoms with Crippen molar-refractivity contribution in [2.75, 3.05) is 19.7 Å². The van der Waals surface area contributed by atoms with E-state index in [2.05, 4.69) is 0 Å². The Kier molecular flexibility index (Phi) is 7.96. The Morgan fingerprint density at radius 1 is 1.32 bits per heavy atom. The number of rotatable bonds is 9. The summed E-state index contributed by atoms with van der Waals surface area (Å²) in [7, 11) is -1.49. The number of likely N-dealkylation sites (tertiary alicyclic amines) is 1. The average molecular weight is 393 g/mol. The molecule has 7 N–H and O–H groups in total. The van der Waals surface area contributed by atoms with Crippen molar-refractivity contribution in [3.8, 4) is 0 Å². The van der Waals surface area contributed by atoms with Gasteiger partial charge in [0.15, 0.2) is 0 Å². The molecule has 154 valence electrons. The molecule has 1 saturated heterocycles. The zero-order valence-corrected chi connectivity index (χ0v) is 15.7. The molecule has 1 heterocycles. The molecule has 1 fully saturated rings. The normalized spacial score (nSPS) is 23.3. The number of ether oxygens (including phenoxy) is 1. The number of aliphatic carboxylic acids is 1. The van der Waals surface area contributed by atoms with Crippen molar-refractivity contribution in [2.24, 2.45) is 17.4 Å². The highest BCUT2D eigenvalue weighted by molar-refractivity contribution is 6.40. The van der Waals surface area contributed by atoms with Crippen LogP contribution < -0.4 is 11.5 Å². The molecule has 0 saturated carbocycles. The molecule has 0 radical (unpaired) electrons. The number of hydrogen-bond acceptors (Lipinski definition) is 7. The smallest absolute Gasteiger partial charge is 0.451 e. The monoisotopic (exact) mass is 393 g/mol. The lowest BCUT2D eigenvalue weighted by atomic mass is 9.75. The molecule has 0 aromatic heterocycles. The van der Waals surface area contributed by atoms with Crippen molar-refractivity contribution in [3.63, 3.8) is 0 Å². The number of piperidine rings is 1. The third-order valence-corrected chi connectivity index (χ3v) is 4.90. The molecule has 1 amide bonds. The maximum absolute atomic E-state index is 12.7. The van der Waals surface area contributed by atoms with Crippen molar-refractivity contribution in [1.29, 1.82) is 0 Å². The molecule has 0 unspecified atom stereocenters. The zero-order valence-electron chi connectivity index (χ0n) is 15.7. The molecule has 9 nitrogen and oxygen atoms in total. The van der Waals surface area contributed by atoms with Gasteiger partial charge in [0.2, 0.25) is 5.91 Å².